The van der Waals surface area contributed by atoms with Crippen molar-refractivity contribution in [3.63, 3.8) is 0 Å². The van der Waals surface area contributed by atoms with Gasteiger partial charge in [0.25, 0.3) is 0 Å². The second-order valence-electron chi connectivity index (χ2n) is 13.2. The number of ether oxygens (including phenoxy) is 3. The lowest BCUT2D eigenvalue weighted by atomic mass is 10.1. The number of allylic oxidation sites excluding steroid dienone is 14. The van der Waals surface area contributed by atoms with Gasteiger partial charge in [-0.2, -0.15) is 0 Å². The molecule has 0 fully saturated rings. The summed E-state index contributed by atoms with van der Waals surface area (Å²) in [7, 11) is 5.46. The van der Waals surface area contributed by atoms with Crippen molar-refractivity contribution < 1.29 is 38.2 Å². The highest BCUT2D eigenvalue weighted by atomic mass is 16.6. The summed E-state index contributed by atoms with van der Waals surface area (Å²) in [6.07, 6.45) is 40.8. The molecule has 0 amide bonds. The molecule has 0 rings (SSSR count). The Labute approximate surface area is 303 Å². The van der Waals surface area contributed by atoms with E-state index in [0.717, 1.165) is 25.7 Å². The summed E-state index contributed by atoms with van der Waals surface area (Å²) in [4.78, 5) is 36.7. The second kappa shape index (κ2) is 32.7. The first-order valence-corrected chi connectivity index (χ1v) is 18.7. The summed E-state index contributed by atoms with van der Waals surface area (Å²) in [5.41, 5.74) is 0. The van der Waals surface area contributed by atoms with Crippen LogP contribution in [-0.2, 0) is 28.6 Å². The van der Waals surface area contributed by atoms with Crippen molar-refractivity contribution in [1.82, 2.24) is 0 Å². The maximum atomic E-state index is 12.6. The van der Waals surface area contributed by atoms with Gasteiger partial charge in [-0.15, -0.1) is 0 Å². The number of quaternary nitrogens is 1. The lowest BCUT2D eigenvalue weighted by Gasteiger charge is -2.31. The van der Waals surface area contributed by atoms with Gasteiger partial charge in [0.15, 0.2) is 12.1 Å². The van der Waals surface area contributed by atoms with Crippen LogP contribution < -0.4 is 0 Å². The van der Waals surface area contributed by atoms with E-state index in [1.54, 1.807) is 0 Å². The van der Waals surface area contributed by atoms with Crippen LogP contribution in [0.1, 0.15) is 110 Å². The number of carbonyl (C=O) groups excluding carboxylic acids is 2. The van der Waals surface area contributed by atoms with Crippen molar-refractivity contribution in [2.75, 3.05) is 41.0 Å². The van der Waals surface area contributed by atoms with Gasteiger partial charge in [0, 0.05) is 19.3 Å². The van der Waals surface area contributed by atoms with Gasteiger partial charge in [0.1, 0.15) is 6.61 Å². The van der Waals surface area contributed by atoms with Crippen LogP contribution in [0.2, 0.25) is 0 Å². The van der Waals surface area contributed by atoms with Crippen LogP contribution in [0.25, 0.3) is 0 Å². The molecule has 0 bridgehead atoms. The zero-order valence-electron chi connectivity index (χ0n) is 31.8. The minimum Gasteiger partial charge on any atom is -0.477 e. The highest BCUT2D eigenvalue weighted by Gasteiger charge is 2.31. The number of esters is 2. The third-order valence-electron chi connectivity index (χ3n) is 7.67. The van der Waals surface area contributed by atoms with Crippen molar-refractivity contribution >= 4 is 17.9 Å². The lowest BCUT2D eigenvalue weighted by molar-refractivity contribution is -0.887. The Hall–Kier alpha value is -3.49. The van der Waals surface area contributed by atoms with Gasteiger partial charge < -0.3 is 23.8 Å². The Morgan fingerprint density at radius 3 is 1.88 bits per heavy atom. The summed E-state index contributed by atoms with van der Waals surface area (Å²) in [6.45, 7) is 4.40. The third-order valence-corrected chi connectivity index (χ3v) is 7.67. The van der Waals surface area contributed by atoms with Crippen LogP contribution in [0.3, 0.4) is 0 Å². The molecule has 0 aromatic carbocycles. The molecule has 0 aromatic heterocycles. The molecule has 0 aliphatic heterocycles. The van der Waals surface area contributed by atoms with E-state index in [1.807, 2.05) is 81.9 Å². The van der Waals surface area contributed by atoms with E-state index in [4.69, 9.17) is 14.2 Å². The standard InChI is InChI=1S/C42H67NO7/c1-6-8-10-12-14-16-18-20-22-24-26-28-30-32-40(44)49-37-38(36-48-35-34-39(42(46)47)43(3,4)5)50-41(45)33-31-29-27-25-23-21-19-17-15-13-11-9-7-2/h8,10,12,14,16,18,20-24,26-27,29,38-39H,6-7,9,11,13,15,17,19,25,28,30-37H2,1-5H3/p+1/b10-8+,14-12+,18-16+,22-20+,23-21+,26-24+,29-27+. The van der Waals surface area contributed by atoms with E-state index in [0.29, 0.717) is 19.3 Å². The minimum absolute atomic E-state index is 0.0104. The molecular weight excluding hydrogens is 630 g/mol. The second-order valence-corrected chi connectivity index (χ2v) is 13.2. The number of rotatable bonds is 31. The number of carboxylic acids is 1. The first kappa shape index (κ1) is 46.5. The average molecular weight is 699 g/mol. The maximum Gasteiger partial charge on any atom is 0.362 e. The van der Waals surface area contributed by atoms with Crippen LogP contribution >= 0.6 is 0 Å². The fourth-order valence-corrected chi connectivity index (χ4v) is 4.76. The van der Waals surface area contributed by atoms with Gasteiger partial charge in [0.05, 0.1) is 34.4 Å². The first-order chi connectivity index (χ1) is 24.1. The van der Waals surface area contributed by atoms with E-state index in [1.165, 1.54) is 38.5 Å². The zero-order chi connectivity index (χ0) is 37.1. The Kier molecular flexibility index (Phi) is 30.4. The predicted octanol–water partition coefficient (Wildman–Crippen LogP) is 9.40. The Morgan fingerprint density at radius 1 is 0.640 bits per heavy atom. The average Bonchev–Trinajstić information content (AvgIpc) is 3.06. The molecule has 1 N–H and O–H groups in total. The largest absolute Gasteiger partial charge is 0.477 e. The van der Waals surface area contributed by atoms with Crippen LogP contribution in [0.5, 0.6) is 0 Å². The highest BCUT2D eigenvalue weighted by Crippen LogP contribution is 2.10. The van der Waals surface area contributed by atoms with Gasteiger partial charge >= 0.3 is 17.9 Å². The molecule has 0 spiro atoms. The maximum absolute atomic E-state index is 12.6. The number of likely N-dealkylation sites (N-methyl/N-ethyl adjacent to an activating group) is 1. The number of hydrogen-bond donors (Lipinski definition) is 1. The van der Waals surface area contributed by atoms with E-state index in [-0.39, 0.29) is 43.1 Å². The Morgan fingerprint density at radius 2 is 1.24 bits per heavy atom. The van der Waals surface area contributed by atoms with Crippen LogP contribution in [0, 0.1) is 0 Å². The SMILES string of the molecule is CC/C=C/C=C/C=C/C=C/C=C/CCCC(=O)OCC(COCCC(C(=O)O)[N+](C)(C)C)OC(=O)CC/C=C/C/C=C/CCCCCCCC. The van der Waals surface area contributed by atoms with Crippen molar-refractivity contribution in [3.05, 3.63) is 85.1 Å². The molecule has 0 saturated heterocycles. The molecule has 0 radical (unpaired) electrons. The third kappa shape index (κ3) is 30.6. The number of hydrogen-bond acceptors (Lipinski definition) is 6. The molecule has 2 unspecified atom stereocenters. The molecular formula is C42H68NO7+. The van der Waals surface area contributed by atoms with Crippen molar-refractivity contribution in [3.8, 4) is 0 Å². The molecule has 0 saturated carbocycles. The van der Waals surface area contributed by atoms with E-state index in [9.17, 15) is 19.5 Å². The lowest BCUT2D eigenvalue weighted by Crippen LogP contribution is -2.50. The van der Waals surface area contributed by atoms with Gasteiger partial charge in [-0.3, -0.25) is 9.59 Å². The molecule has 50 heavy (non-hydrogen) atoms. The van der Waals surface area contributed by atoms with Gasteiger partial charge in [-0.05, 0) is 44.9 Å². The molecule has 282 valence electrons. The molecule has 0 aliphatic rings. The number of carbonyl (C=O) groups is 3. The van der Waals surface area contributed by atoms with E-state index in [2.05, 4.69) is 38.2 Å². The molecule has 0 heterocycles. The van der Waals surface area contributed by atoms with E-state index < -0.39 is 24.1 Å². The predicted molar refractivity (Wildman–Crippen MR) is 206 cm³/mol. The molecule has 2 atom stereocenters. The summed E-state index contributed by atoms with van der Waals surface area (Å²) in [5, 5.41) is 9.57. The quantitative estimate of drug-likeness (QED) is 0.0253. The van der Waals surface area contributed by atoms with Crippen LogP contribution in [0.4, 0.5) is 0 Å². The first-order valence-electron chi connectivity index (χ1n) is 18.7. The van der Waals surface area contributed by atoms with E-state index >= 15 is 0 Å². The summed E-state index contributed by atoms with van der Waals surface area (Å²) in [5.74, 6) is -1.67. The Bertz CT molecular complexity index is 1090. The number of nitrogens with zero attached hydrogens (tertiary/aromatic N) is 1. The smallest absolute Gasteiger partial charge is 0.362 e. The van der Waals surface area contributed by atoms with Gasteiger partial charge in [0.2, 0.25) is 0 Å². The van der Waals surface area contributed by atoms with Crippen molar-refractivity contribution in [1.29, 1.82) is 0 Å². The fraction of sp³-hybridized carbons (Fsp3) is 0.595. The topological polar surface area (TPSA) is 99.1 Å². The fourth-order valence-electron chi connectivity index (χ4n) is 4.76. The summed E-state index contributed by atoms with van der Waals surface area (Å²) >= 11 is 0. The molecule has 8 heteroatoms. The highest BCUT2D eigenvalue weighted by molar-refractivity contribution is 5.72. The number of carboxylic acid groups (broad SMARTS) is 1. The zero-order valence-corrected chi connectivity index (χ0v) is 31.8. The summed E-state index contributed by atoms with van der Waals surface area (Å²) < 4.78 is 17.0. The van der Waals surface area contributed by atoms with Crippen molar-refractivity contribution in [2.45, 2.75) is 122 Å². The monoisotopic (exact) mass is 698 g/mol. The molecule has 8 nitrogen and oxygen atoms in total. The van der Waals surface area contributed by atoms with Gasteiger partial charge in [-0.25, -0.2) is 4.79 Å². The van der Waals surface area contributed by atoms with Crippen LogP contribution in [0.15, 0.2) is 85.1 Å². The van der Waals surface area contributed by atoms with Gasteiger partial charge in [-0.1, -0.05) is 131 Å². The van der Waals surface area contributed by atoms with Crippen molar-refractivity contribution in [2.24, 2.45) is 0 Å². The summed E-state index contributed by atoms with van der Waals surface area (Å²) in [6, 6.07) is -0.637. The Balaban J connectivity index is 4.67. The minimum atomic E-state index is -0.898. The van der Waals surface area contributed by atoms with Crippen LogP contribution in [-0.4, -0.2) is 80.6 Å². The number of aliphatic carboxylic acids is 1. The normalized spacial score (nSPS) is 14.0. The number of unbranched alkanes of at least 4 members (excludes halogenated alkanes) is 7. The molecule has 0 aromatic rings. The molecule has 0 aliphatic carbocycles.